The standard InChI is InChI=1S/C16H12F4N2O2/c1-9-8-11(4-7-13(9)21)15(16(18,19)20)23-14(22-24-15)10-2-5-12(17)6-3-10/h2-8H,21H2,1H3. The fourth-order valence-corrected chi connectivity index (χ4v) is 2.25. The van der Waals surface area contributed by atoms with Gasteiger partial charge in [-0.1, -0.05) is 0 Å². The van der Waals surface area contributed by atoms with Crippen LogP contribution in [-0.4, -0.2) is 12.1 Å². The summed E-state index contributed by atoms with van der Waals surface area (Å²) in [5.41, 5.74) is 6.30. The van der Waals surface area contributed by atoms with Crippen molar-refractivity contribution in [3.8, 4) is 0 Å². The number of nitrogen functional groups attached to an aromatic ring is 1. The van der Waals surface area contributed by atoms with Crippen LogP contribution in [0.5, 0.6) is 0 Å². The van der Waals surface area contributed by atoms with Crippen LogP contribution >= 0.6 is 0 Å². The van der Waals surface area contributed by atoms with Crippen LogP contribution in [0.3, 0.4) is 0 Å². The molecule has 1 atom stereocenters. The van der Waals surface area contributed by atoms with Crippen LogP contribution in [0.2, 0.25) is 0 Å². The Kier molecular flexibility index (Phi) is 3.62. The van der Waals surface area contributed by atoms with Gasteiger partial charge < -0.3 is 15.3 Å². The SMILES string of the molecule is Cc1cc(C2(C(F)(F)F)ON=C(c3ccc(F)cc3)O2)ccc1N. The number of alkyl halides is 3. The fourth-order valence-electron chi connectivity index (χ4n) is 2.25. The van der Waals surface area contributed by atoms with Crippen molar-refractivity contribution in [1.82, 2.24) is 0 Å². The lowest BCUT2D eigenvalue weighted by Crippen LogP contribution is -2.44. The molecule has 2 N–H and O–H groups in total. The Hall–Kier alpha value is -2.77. The van der Waals surface area contributed by atoms with Crippen molar-refractivity contribution in [2.75, 3.05) is 5.73 Å². The molecule has 126 valence electrons. The van der Waals surface area contributed by atoms with E-state index in [2.05, 4.69) is 9.99 Å². The molecule has 1 heterocycles. The van der Waals surface area contributed by atoms with Crippen molar-refractivity contribution < 1.29 is 27.1 Å². The molecule has 3 rings (SSSR count). The lowest BCUT2D eigenvalue weighted by molar-refractivity contribution is -0.352. The molecule has 1 aliphatic heterocycles. The van der Waals surface area contributed by atoms with E-state index in [0.717, 1.165) is 12.1 Å². The maximum atomic E-state index is 13.7. The summed E-state index contributed by atoms with van der Waals surface area (Å²) >= 11 is 0. The van der Waals surface area contributed by atoms with E-state index in [9.17, 15) is 17.6 Å². The van der Waals surface area contributed by atoms with Crippen LogP contribution in [0.25, 0.3) is 0 Å². The summed E-state index contributed by atoms with van der Waals surface area (Å²) in [5.74, 6) is -3.99. The Morgan fingerprint density at radius 1 is 1.08 bits per heavy atom. The molecule has 2 aromatic carbocycles. The molecule has 0 aliphatic carbocycles. The Bertz CT molecular complexity index is 803. The minimum Gasteiger partial charge on any atom is -0.419 e. The van der Waals surface area contributed by atoms with Crippen LogP contribution in [0.1, 0.15) is 16.7 Å². The monoisotopic (exact) mass is 340 g/mol. The van der Waals surface area contributed by atoms with E-state index < -0.39 is 17.8 Å². The molecule has 0 amide bonds. The van der Waals surface area contributed by atoms with Gasteiger partial charge in [0.1, 0.15) is 5.82 Å². The van der Waals surface area contributed by atoms with Crippen molar-refractivity contribution in [2.24, 2.45) is 5.16 Å². The van der Waals surface area contributed by atoms with E-state index in [0.29, 0.717) is 11.3 Å². The van der Waals surface area contributed by atoms with Crippen molar-refractivity contribution >= 4 is 11.6 Å². The molecule has 0 saturated heterocycles. The van der Waals surface area contributed by atoms with Gasteiger partial charge in [-0.25, -0.2) is 4.39 Å². The van der Waals surface area contributed by atoms with E-state index in [1.807, 2.05) is 0 Å². The van der Waals surface area contributed by atoms with Gasteiger partial charge in [-0.2, -0.15) is 13.2 Å². The average Bonchev–Trinajstić information content (AvgIpc) is 2.97. The molecular weight excluding hydrogens is 328 g/mol. The summed E-state index contributed by atoms with van der Waals surface area (Å²) < 4.78 is 59.0. The quantitative estimate of drug-likeness (QED) is 0.667. The number of ether oxygens (including phenoxy) is 1. The van der Waals surface area contributed by atoms with Crippen LogP contribution in [0.4, 0.5) is 23.2 Å². The minimum absolute atomic E-state index is 0.162. The highest BCUT2D eigenvalue weighted by molar-refractivity contribution is 5.94. The number of anilines is 1. The molecule has 0 radical (unpaired) electrons. The van der Waals surface area contributed by atoms with Gasteiger partial charge in [-0.3, -0.25) is 0 Å². The zero-order valence-corrected chi connectivity index (χ0v) is 12.4. The highest BCUT2D eigenvalue weighted by Gasteiger charge is 2.65. The van der Waals surface area contributed by atoms with Gasteiger partial charge in [0.2, 0.25) is 0 Å². The summed E-state index contributed by atoms with van der Waals surface area (Å²) in [5, 5.41) is 3.40. The molecule has 0 aromatic heterocycles. The third-order valence-electron chi connectivity index (χ3n) is 3.61. The highest BCUT2D eigenvalue weighted by Crippen LogP contribution is 2.47. The summed E-state index contributed by atoms with van der Waals surface area (Å²) in [6.07, 6.45) is -4.90. The second-order valence-corrected chi connectivity index (χ2v) is 5.28. The van der Waals surface area contributed by atoms with E-state index in [4.69, 9.17) is 10.5 Å². The van der Waals surface area contributed by atoms with E-state index in [1.54, 1.807) is 6.92 Å². The number of nitrogens with two attached hydrogens (primary N) is 1. The second-order valence-electron chi connectivity index (χ2n) is 5.28. The van der Waals surface area contributed by atoms with E-state index in [1.165, 1.54) is 30.3 Å². The molecule has 24 heavy (non-hydrogen) atoms. The van der Waals surface area contributed by atoms with Crippen LogP contribution < -0.4 is 5.73 Å². The van der Waals surface area contributed by atoms with Crippen LogP contribution in [0.15, 0.2) is 47.6 Å². The zero-order chi connectivity index (χ0) is 17.5. The first-order valence-electron chi connectivity index (χ1n) is 6.87. The summed E-state index contributed by atoms with van der Waals surface area (Å²) in [4.78, 5) is 4.69. The number of aryl methyl sites for hydroxylation is 1. The minimum atomic E-state index is -4.90. The van der Waals surface area contributed by atoms with Gasteiger partial charge in [0.25, 0.3) is 5.90 Å². The number of halogens is 4. The van der Waals surface area contributed by atoms with E-state index >= 15 is 0 Å². The smallest absolute Gasteiger partial charge is 0.419 e. The van der Waals surface area contributed by atoms with Gasteiger partial charge in [-0.15, -0.1) is 0 Å². The molecular formula is C16H12F4N2O2. The maximum Gasteiger partial charge on any atom is 0.475 e. The van der Waals surface area contributed by atoms with E-state index in [-0.39, 0.29) is 17.0 Å². The van der Waals surface area contributed by atoms with Crippen LogP contribution in [-0.2, 0) is 15.4 Å². The lowest BCUT2D eigenvalue weighted by atomic mass is 10.0. The number of rotatable bonds is 2. The lowest BCUT2D eigenvalue weighted by Gasteiger charge is -2.28. The molecule has 4 nitrogen and oxygen atoms in total. The second kappa shape index (κ2) is 5.40. The first kappa shape index (κ1) is 16.1. The van der Waals surface area contributed by atoms with Crippen LogP contribution in [0, 0.1) is 12.7 Å². The summed E-state index contributed by atoms with van der Waals surface area (Å²) in [7, 11) is 0. The summed E-state index contributed by atoms with van der Waals surface area (Å²) in [6.45, 7) is 1.57. The van der Waals surface area contributed by atoms with Crippen molar-refractivity contribution in [2.45, 2.75) is 18.9 Å². The predicted molar refractivity (Wildman–Crippen MR) is 78.4 cm³/mol. The van der Waals surface area contributed by atoms with Gasteiger partial charge >= 0.3 is 12.0 Å². The number of hydrogen-bond acceptors (Lipinski definition) is 4. The third-order valence-corrected chi connectivity index (χ3v) is 3.61. The fraction of sp³-hybridized carbons (Fsp3) is 0.188. The van der Waals surface area contributed by atoms with Gasteiger partial charge in [0.15, 0.2) is 0 Å². The molecule has 1 unspecified atom stereocenters. The van der Waals surface area contributed by atoms with Gasteiger partial charge in [-0.05, 0) is 60.1 Å². The molecule has 1 aliphatic rings. The normalized spacial score (nSPS) is 20.3. The van der Waals surface area contributed by atoms with Gasteiger partial charge in [0.05, 0.1) is 0 Å². The Labute approximate surface area is 134 Å². The Balaban J connectivity index is 2.01. The zero-order valence-electron chi connectivity index (χ0n) is 12.4. The number of oxime groups is 1. The van der Waals surface area contributed by atoms with Crippen molar-refractivity contribution in [3.05, 3.63) is 65.0 Å². The molecule has 8 heteroatoms. The summed E-state index contributed by atoms with van der Waals surface area (Å²) in [6, 6.07) is 8.40. The first-order valence-corrected chi connectivity index (χ1v) is 6.87. The third kappa shape index (κ3) is 2.53. The highest BCUT2D eigenvalue weighted by atomic mass is 19.4. The first-order chi connectivity index (χ1) is 11.2. The largest absolute Gasteiger partial charge is 0.475 e. The topological polar surface area (TPSA) is 56.8 Å². The maximum absolute atomic E-state index is 13.7. The molecule has 0 fully saturated rings. The Morgan fingerprint density at radius 3 is 2.33 bits per heavy atom. The molecule has 0 bridgehead atoms. The number of benzene rings is 2. The Morgan fingerprint density at radius 2 is 1.75 bits per heavy atom. The van der Waals surface area contributed by atoms with Crippen molar-refractivity contribution in [3.63, 3.8) is 0 Å². The number of nitrogens with zero attached hydrogens (tertiary/aromatic N) is 1. The predicted octanol–water partition coefficient (Wildman–Crippen LogP) is 3.84. The van der Waals surface area contributed by atoms with Gasteiger partial charge in [0, 0.05) is 16.8 Å². The molecule has 0 spiro atoms. The average molecular weight is 340 g/mol. The van der Waals surface area contributed by atoms with Crippen molar-refractivity contribution in [1.29, 1.82) is 0 Å². The molecule has 2 aromatic rings. The molecule has 0 saturated carbocycles. The number of hydrogen-bond donors (Lipinski definition) is 1.